The summed E-state index contributed by atoms with van der Waals surface area (Å²) in [6.45, 7) is -0.107. The van der Waals surface area contributed by atoms with Crippen LogP contribution in [0, 0.1) is 5.82 Å². The van der Waals surface area contributed by atoms with E-state index in [2.05, 4.69) is 10.6 Å². The van der Waals surface area contributed by atoms with Crippen molar-refractivity contribution in [2.45, 2.75) is 6.18 Å². The molecule has 0 saturated heterocycles. The van der Waals surface area contributed by atoms with E-state index in [1.807, 2.05) is 0 Å². The number of hydrogen-bond donors (Lipinski definition) is 2. The third-order valence-corrected chi connectivity index (χ3v) is 4.59. The van der Waals surface area contributed by atoms with Crippen LogP contribution in [0.15, 0.2) is 60.7 Å². The largest absolute Gasteiger partial charge is 0.454 e. The predicted molar refractivity (Wildman–Crippen MR) is 106 cm³/mol. The maximum atomic E-state index is 13.8. The second kappa shape index (κ2) is 8.22. The Kier molecular flexibility index (Phi) is 5.43. The van der Waals surface area contributed by atoms with E-state index in [0.29, 0.717) is 11.8 Å². The van der Waals surface area contributed by atoms with E-state index in [9.17, 15) is 27.2 Å². The Balaban J connectivity index is 1.61. The third-order valence-electron chi connectivity index (χ3n) is 4.59. The molecule has 32 heavy (non-hydrogen) atoms. The normalized spacial score (nSPS) is 12.4. The van der Waals surface area contributed by atoms with Gasteiger partial charge in [0.05, 0.1) is 22.4 Å². The highest BCUT2D eigenvalue weighted by atomic mass is 19.4. The first-order valence-corrected chi connectivity index (χ1v) is 9.21. The number of alkyl halides is 3. The molecule has 3 aromatic carbocycles. The van der Waals surface area contributed by atoms with Crippen molar-refractivity contribution in [2.24, 2.45) is 0 Å². The number of anilines is 2. The first kappa shape index (κ1) is 21.2. The van der Waals surface area contributed by atoms with E-state index < -0.39 is 35.1 Å². The highest BCUT2D eigenvalue weighted by Gasteiger charge is 2.35. The zero-order valence-electron chi connectivity index (χ0n) is 16.1. The van der Waals surface area contributed by atoms with Gasteiger partial charge in [-0.25, -0.2) is 4.39 Å². The molecule has 6 nitrogen and oxygen atoms in total. The molecule has 1 heterocycles. The number of ether oxygens (including phenoxy) is 2. The molecular weight excluding hydrogens is 432 g/mol. The van der Waals surface area contributed by atoms with E-state index in [0.717, 1.165) is 12.1 Å². The number of carbonyl (C=O) groups excluding carboxylic acids is 2. The van der Waals surface area contributed by atoms with Gasteiger partial charge in [-0.05, 0) is 42.5 Å². The highest BCUT2D eigenvalue weighted by molar-refractivity contribution is 6.08. The summed E-state index contributed by atoms with van der Waals surface area (Å²) in [6, 6.07) is 12.3. The van der Waals surface area contributed by atoms with Crippen LogP contribution < -0.4 is 20.1 Å². The van der Waals surface area contributed by atoms with E-state index in [1.165, 1.54) is 36.4 Å². The van der Waals surface area contributed by atoms with Crippen molar-refractivity contribution in [2.75, 3.05) is 17.4 Å². The van der Waals surface area contributed by atoms with Crippen LogP contribution in [0.1, 0.15) is 26.3 Å². The van der Waals surface area contributed by atoms with Crippen LogP contribution >= 0.6 is 0 Å². The van der Waals surface area contributed by atoms with Crippen molar-refractivity contribution in [3.8, 4) is 11.5 Å². The quantitative estimate of drug-likeness (QED) is 0.549. The lowest BCUT2D eigenvalue weighted by atomic mass is 10.1. The monoisotopic (exact) mass is 446 g/mol. The number of rotatable bonds is 4. The summed E-state index contributed by atoms with van der Waals surface area (Å²) >= 11 is 0. The number of para-hydroxylation sites is 1. The number of halogens is 4. The Morgan fingerprint density at radius 3 is 2.31 bits per heavy atom. The second-order valence-electron chi connectivity index (χ2n) is 6.69. The molecular formula is C22H14F4N2O4. The van der Waals surface area contributed by atoms with Crippen molar-refractivity contribution in [3.05, 3.63) is 83.2 Å². The Labute approximate surface area is 178 Å². The molecule has 0 fully saturated rings. The molecule has 3 aromatic rings. The van der Waals surface area contributed by atoms with Gasteiger partial charge in [0.25, 0.3) is 11.8 Å². The molecule has 0 atom stereocenters. The first-order chi connectivity index (χ1) is 15.2. The van der Waals surface area contributed by atoms with Gasteiger partial charge in [-0.2, -0.15) is 13.2 Å². The molecule has 1 aliphatic heterocycles. The van der Waals surface area contributed by atoms with Crippen molar-refractivity contribution in [3.63, 3.8) is 0 Å². The molecule has 0 aromatic heterocycles. The van der Waals surface area contributed by atoms with E-state index in [4.69, 9.17) is 9.47 Å². The van der Waals surface area contributed by atoms with Gasteiger partial charge in [-0.15, -0.1) is 0 Å². The molecule has 2 amide bonds. The van der Waals surface area contributed by atoms with Gasteiger partial charge >= 0.3 is 6.18 Å². The summed E-state index contributed by atoms with van der Waals surface area (Å²) in [6.07, 6.45) is -4.85. The smallest absolute Gasteiger partial charge is 0.418 e. The maximum absolute atomic E-state index is 13.8. The number of fused-ring (bicyclic) bond motifs is 1. The number of nitrogens with one attached hydrogen (secondary N) is 2. The zero-order chi connectivity index (χ0) is 22.9. The number of benzene rings is 3. The second-order valence-corrected chi connectivity index (χ2v) is 6.69. The highest BCUT2D eigenvalue weighted by Crippen LogP contribution is 2.39. The first-order valence-electron chi connectivity index (χ1n) is 9.21. The van der Waals surface area contributed by atoms with Crippen LogP contribution in [0.2, 0.25) is 0 Å². The average molecular weight is 446 g/mol. The lowest BCUT2D eigenvalue weighted by Crippen LogP contribution is -2.18. The molecule has 4 rings (SSSR count). The van der Waals surface area contributed by atoms with Gasteiger partial charge in [-0.1, -0.05) is 18.2 Å². The number of carbonyl (C=O) groups is 2. The summed E-state index contributed by atoms with van der Waals surface area (Å²) in [5, 5.41) is 4.45. The minimum atomic E-state index is -4.85. The van der Waals surface area contributed by atoms with Crippen LogP contribution in [0.3, 0.4) is 0 Å². The van der Waals surface area contributed by atoms with E-state index in [1.54, 1.807) is 6.07 Å². The minimum Gasteiger partial charge on any atom is -0.454 e. The molecule has 0 spiro atoms. The van der Waals surface area contributed by atoms with Crippen molar-refractivity contribution in [1.29, 1.82) is 0 Å². The van der Waals surface area contributed by atoms with Crippen molar-refractivity contribution >= 4 is 23.2 Å². The van der Waals surface area contributed by atoms with Crippen LogP contribution in [0.5, 0.6) is 11.5 Å². The van der Waals surface area contributed by atoms with Crippen molar-refractivity contribution < 1.29 is 36.6 Å². The molecule has 0 aliphatic carbocycles. The standard InChI is InChI=1S/C22H14F4N2O4/c23-16-6-2-1-4-13(16)20(29)27-12-8-9-17(15(10-12)22(24,25)26)28-21(30)14-5-3-7-18-19(14)32-11-31-18/h1-10H,11H2,(H,27,29)(H,28,30). The Morgan fingerprint density at radius 1 is 0.844 bits per heavy atom. The van der Waals surface area contributed by atoms with E-state index >= 15 is 0 Å². The van der Waals surface area contributed by atoms with Crippen molar-refractivity contribution in [1.82, 2.24) is 0 Å². The average Bonchev–Trinajstić information content (AvgIpc) is 3.23. The van der Waals surface area contributed by atoms with Gasteiger partial charge in [-0.3, -0.25) is 9.59 Å². The molecule has 2 N–H and O–H groups in total. The molecule has 0 saturated carbocycles. The lowest BCUT2D eigenvalue weighted by Gasteiger charge is -2.16. The maximum Gasteiger partial charge on any atom is 0.418 e. The van der Waals surface area contributed by atoms with Gasteiger partial charge in [0.15, 0.2) is 11.5 Å². The number of hydrogen-bond acceptors (Lipinski definition) is 4. The Morgan fingerprint density at radius 2 is 1.56 bits per heavy atom. The van der Waals surface area contributed by atoms with Gasteiger partial charge in [0.2, 0.25) is 6.79 Å². The van der Waals surface area contributed by atoms with Gasteiger partial charge in [0, 0.05) is 5.69 Å². The lowest BCUT2D eigenvalue weighted by molar-refractivity contribution is -0.136. The van der Waals surface area contributed by atoms with Crippen LogP contribution in [0.4, 0.5) is 28.9 Å². The summed E-state index contributed by atoms with van der Waals surface area (Å²) in [7, 11) is 0. The molecule has 0 bridgehead atoms. The zero-order valence-corrected chi connectivity index (χ0v) is 16.1. The Bertz CT molecular complexity index is 1210. The van der Waals surface area contributed by atoms with Crippen LogP contribution in [-0.2, 0) is 6.18 Å². The van der Waals surface area contributed by atoms with Gasteiger partial charge < -0.3 is 20.1 Å². The topological polar surface area (TPSA) is 76.7 Å². The summed E-state index contributed by atoms with van der Waals surface area (Å²) < 4.78 is 65.1. The van der Waals surface area contributed by atoms with E-state index in [-0.39, 0.29) is 29.4 Å². The molecule has 0 unspecified atom stereocenters. The SMILES string of the molecule is O=C(Nc1ccc(NC(=O)c2cccc3c2OCO3)c(C(F)(F)F)c1)c1ccccc1F. The van der Waals surface area contributed by atoms with Crippen LogP contribution in [-0.4, -0.2) is 18.6 Å². The Hall–Kier alpha value is -4.08. The fourth-order valence-corrected chi connectivity index (χ4v) is 3.11. The molecule has 1 aliphatic rings. The predicted octanol–water partition coefficient (Wildman–Crippen LogP) is 5.08. The third kappa shape index (κ3) is 4.20. The summed E-state index contributed by atoms with van der Waals surface area (Å²) in [4.78, 5) is 24.8. The fraction of sp³-hybridized carbons (Fsp3) is 0.0909. The molecule has 164 valence electrons. The number of amides is 2. The van der Waals surface area contributed by atoms with Gasteiger partial charge in [0.1, 0.15) is 5.82 Å². The molecule has 10 heteroatoms. The fourth-order valence-electron chi connectivity index (χ4n) is 3.11. The summed E-state index contributed by atoms with van der Waals surface area (Å²) in [5.41, 5.74) is -2.26. The molecule has 0 radical (unpaired) electrons. The van der Waals surface area contributed by atoms with Crippen LogP contribution in [0.25, 0.3) is 0 Å². The minimum absolute atomic E-state index is 0.00468. The summed E-state index contributed by atoms with van der Waals surface area (Å²) in [5.74, 6) is -2.12.